The molecule has 2 rings (SSSR count). The molecule has 0 radical (unpaired) electrons. The summed E-state index contributed by atoms with van der Waals surface area (Å²) in [5.41, 5.74) is 2.83. The van der Waals surface area contributed by atoms with Gasteiger partial charge in [-0.3, -0.25) is 0 Å². The summed E-state index contributed by atoms with van der Waals surface area (Å²) in [6, 6.07) is 8.50. The molecule has 1 aliphatic rings. The molecule has 1 aromatic rings. The summed E-state index contributed by atoms with van der Waals surface area (Å²) < 4.78 is 1.16. The molecule has 0 atom stereocenters. The van der Waals surface area contributed by atoms with Crippen molar-refractivity contribution in [3.05, 3.63) is 39.7 Å². The summed E-state index contributed by atoms with van der Waals surface area (Å²) in [4.78, 5) is 0. The third-order valence-corrected chi connectivity index (χ3v) is 3.29. The maximum absolute atomic E-state index is 3.48. The summed E-state index contributed by atoms with van der Waals surface area (Å²) in [5, 5.41) is 2.27. The van der Waals surface area contributed by atoms with Gasteiger partial charge in [0, 0.05) is 10.2 Å². The lowest BCUT2D eigenvalue weighted by atomic mass is 10.1. The first-order chi connectivity index (χ1) is 5.86. The molecule has 1 aromatic carbocycles. The first-order valence-electron chi connectivity index (χ1n) is 3.93. The van der Waals surface area contributed by atoms with Crippen LogP contribution in [0.1, 0.15) is 12.0 Å². The maximum Gasteiger partial charge on any atom is 0.0181 e. The van der Waals surface area contributed by atoms with Gasteiger partial charge in [0.05, 0.1) is 0 Å². The fourth-order valence-electron chi connectivity index (χ4n) is 1.29. The minimum Gasteiger partial charge on any atom is -0.133 e. The monoisotopic (exact) mass is 240 g/mol. The minimum absolute atomic E-state index is 1.16. The molecule has 0 spiro atoms. The van der Waals surface area contributed by atoms with Crippen molar-refractivity contribution in [1.82, 2.24) is 0 Å². The van der Waals surface area contributed by atoms with E-state index in [1.165, 1.54) is 23.3 Å². The van der Waals surface area contributed by atoms with E-state index in [0.717, 1.165) is 4.47 Å². The summed E-state index contributed by atoms with van der Waals surface area (Å²) in [6.07, 6.45) is 1.21. The number of hydrogen-bond donors (Lipinski definition) is 0. The molecule has 0 saturated carbocycles. The van der Waals surface area contributed by atoms with Crippen molar-refractivity contribution in [2.24, 2.45) is 0 Å². The van der Waals surface area contributed by atoms with Crippen LogP contribution in [0.15, 0.2) is 34.1 Å². The lowest BCUT2D eigenvalue weighted by Gasteiger charge is -2.00. The van der Waals surface area contributed by atoms with Crippen molar-refractivity contribution < 1.29 is 0 Å². The maximum atomic E-state index is 3.48. The molecule has 0 bridgehead atoms. The van der Waals surface area contributed by atoms with Crippen LogP contribution in [0.3, 0.4) is 0 Å². The van der Waals surface area contributed by atoms with E-state index in [1.54, 1.807) is 0 Å². The average molecular weight is 241 g/mol. The second-order valence-corrected chi connectivity index (χ2v) is 4.67. The molecule has 0 amide bonds. The van der Waals surface area contributed by atoms with Crippen LogP contribution < -0.4 is 0 Å². The summed E-state index contributed by atoms with van der Waals surface area (Å²) in [6.45, 7) is 0. The highest BCUT2D eigenvalue weighted by molar-refractivity contribution is 9.10. The van der Waals surface area contributed by atoms with E-state index in [1.807, 2.05) is 11.8 Å². The first kappa shape index (κ1) is 8.39. The number of benzene rings is 1. The Balaban J connectivity index is 2.33. The van der Waals surface area contributed by atoms with Gasteiger partial charge in [-0.25, -0.2) is 0 Å². The highest BCUT2D eigenvalue weighted by atomic mass is 79.9. The zero-order valence-corrected chi connectivity index (χ0v) is 8.99. The Hall–Kier alpha value is -0.210. The van der Waals surface area contributed by atoms with Gasteiger partial charge in [-0.05, 0) is 35.1 Å². The van der Waals surface area contributed by atoms with E-state index >= 15 is 0 Å². The topological polar surface area (TPSA) is 0 Å². The molecule has 1 aliphatic heterocycles. The van der Waals surface area contributed by atoms with E-state index in [2.05, 4.69) is 45.6 Å². The molecule has 0 fully saturated rings. The Morgan fingerprint density at radius 1 is 1.33 bits per heavy atom. The molecule has 2 heteroatoms. The van der Waals surface area contributed by atoms with Gasteiger partial charge in [0.2, 0.25) is 0 Å². The molecule has 0 saturated heterocycles. The Morgan fingerprint density at radius 2 is 2.25 bits per heavy atom. The Kier molecular flexibility index (Phi) is 2.57. The minimum atomic E-state index is 1.16. The molecular weight excluding hydrogens is 232 g/mol. The van der Waals surface area contributed by atoms with Crippen molar-refractivity contribution in [1.29, 1.82) is 0 Å². The average Bonchev–Trinajstić information content (AvgIpc) is 2.56. The van der Waals surface area contributed by atoms with Gasteiger partial charge in [-0.1, -0.05) is 28.1 Å². The summed E-state index contributed by atoms with van der Waals surface area (Å²) in [7, 11) is 0. The van der Waals surface area contributed by atoms with Gasteiger partial charge in [0.1, 0.15) is 0 Å². The van der Waals surface area contributed by atoms with Crippen LogP contribution in [0.5, 0.6) is 0 Å². The fraction of sp³-hybridized carbons (Fsp3) is 0.200. The van der Waals surface area contributed by atoms with Gasteiger partial charge in [-0.2, -0.15) is 0 Å². The zero-order chi connectivity index (χ0) is 8.39. The predicted molar refractivity (Wildman–Crippen MR) is 59.2 cm³/mol. The highest BCUT2D eigenvalue weighted by Gasteiger charge is 2.06. The largest absolute Gasteiger partial charge is 0.133 e. The van der Waals surface area contributed by atoms with Gasteiger partial charge >= 0.3 is 0 Å². The second kappa shape index (κ2) is 3.67. The molecule has 12 heavy (non-hydrogen) atoms. The molecule has 0 aliphatic carbocycles. The van der Waals surface area contributed by atoms with Crippen molar-refractivity contribution in [2.75, 3.05) is 5.75 Å². The van der Waals surface area contributed by atoms with Crippen molar-refractivity contribution in [3.8, 4) is 0 Å². The van der Waals surface area contributed by atoms with E-state index in [-0.39, 0.29) is 0 Å². The van der Waals surface area contributed by atoms with Crippen LogP contribution in [0.25, 0.3) is 5.57 Å². The number of thioether (sulfide) groups is 1. The van der Waals surface area contributed by atoms with Gasteiger partial charge in [-0.15, -0.1) is 11.8 Å². The smallest absolute Gasteiger partial charge is 0.0181 e. The molecule has 62 valence electrons. The Morgan fingerprint density at radius 3 is 2.92 bits per heavy atom. The number of hydrogen-bond acceptors (Lipinski definition) is 1. The SMILES string of the molecule is Brc1cccc(C2=CSCC2)c1. The molecule has 0 N–H and O–H groups in total. The third kappa shape index (κ3) is 1.75. The first-order valence-corrected chi connectivity index (χ1v) is 5.77. The van der Waals surface area contributed by atoms with Crippen LogP contribution in [0.4, 0.5) is 0 Å². The molecular formula is C10H9BrS. The van der Waals surface area contributed by atoms with E-state index in [0.29, 0.717) is 0 Å². The Labute approximate surface area is 85.2 Å². The summed E-state index contributed by atoms with van der Waals surface area (Å²) in [5.74, 6) is 1.24. The standard InChI is InChI=1S/C10H9BrS/c11-10-3-1-2-8(6-10)9-4-5-12-7-9/h1-3,6-7H,4-5H2. The van der Waals surface area contributed by atoms with Crippen LogP contribution >= 0.6 is 27.7 Å². The molecule has 0 aromatic heterocycles. The van der Waals surface area contributed by atoms with Crippen molar-refractivity contribution >= 4 is 33.3 Å². The lowest BCUT2D eigenvalue weighted by Crippen LogP contribution is -1.80. The van der Waals surface area contributed by atoms with Gasteiger partial charge < -0.3 is 0 Å². The normalized spacial score (nSPS) is 16.2. The van der Waals surface area contributed by atoms with E-state index in [4.69, 9.17) is 0 Å². The van der Waals surface area contributed by atoms with E-state index < -0.39 is 0 Å². The fourth-order valence-corrected chi connectivity index (χ4v) is 2.60. The van der Waals surface area contributed by atoms with Crippen LogP contribution in [0, 0.1) is 0 Å². The molecule has 0 nitrogen and oxygen atoms in total. The third-order valence-electron chi connectivity index (χ3n) is 1.91. The van der Waals surface area contributed by atoms with Crippen molar-refractivity contribution in [2.45, 2.75) is 6.42 Å². The number of allylic oxidation sites excluding steroid dienone is 1. The highest BCUT2D eigenvalue weighted by Crippen LogP contribution is 2.30. The second-order valence-electron chi connectivity index (χ2n) is 2.77. The predicted octanol–water partition coefficient (Wildman–Crippen LogP) is 3.93. The lowest BCUT2D eigenvalue weighted by molar-refractivity contribution is 1.28. The van der Waals surface area contributed by atoms with Crippen LogP contribution in [-0.4, -0.2) is 5.75 Å². The van der Waals surface area contributed by atoms with Gasteiger partial charge in [0.25, 0.3) is 0 Å². The Bertz CT molecular complexity index is 317. The van der Waals surface area contributed by atoms with Crippen LogP contribution in [-0.2, 0) is 0 Å². The van der Waals surface area contributed by atoms with E-state index in [9.17, 15) is 0 Å². The molecule has 1 heterocycles. The van der Waals surface area contributed by atoms with Crippen LogP contribution in [0.2, 0.25) is 0 Å². The van der Waals surface area contributed by atoms with Gasteiger partial charge in [0.15, 0.2) is 0 Å². The number of rotatable bonds is 1. The number of halogens is 1. The summed E-state index contributed by atoms with van der Waals surface area (Å²) >= 11 is 5.38. The van der Waals surface area contributed by atoms with Crippen molar-refractivity contribution in [3.63, 3.8) is 0 Å². The zero-order valence-electron chi connectivity index (χ0n) is 6.59. The quantitative estimate of drug-likeness (QED) is 0.717. The molecule has 0 unspecified atom stereocenters.